The normalized spacial score (nSPS) is 23.5. The van der Waals surface area contributed by atoms with Gasteiger partial charge in [0.2, 0.25) is 0 Å². The number of allylic oxidation sites excluding steroid dienone is 2. The minimum Gasteiger partial charge on any atom is -0.494 e. The van der Waals surface area contributed by atoms with E-state index < -0.39 is 40.5 Å². The molecule has 0 spiro atoms. The van der Waals surface area contributed by atoms with E-state index in [-0.39, 0.29) is 13.2 Å². The summed E-state index contributed by atoms with van der Waals surface area (Å²) in [4.78, 5) is 9.66. The van der Waals surface area contributed by atoms with Gasteiger partial charge in [-0.25, -0.2) is 0 Å². The second-order valence-corrected chi connectivity index (χ2v) is 42.9. The van der Waals surface area contributed by atoms with Crippen LogP contribution in [0.3, 0.4) is 0 Å². The molecule has 8 saturated carbocycles. The van der Waals surface area contributed by atoms with Crippen molar-refractivity contribution in [3.8, 4) is 23.0 Å². The fourth-order valence-corrected chi connectivity index (χ4v) is 20.6. The molecule has 0 amide bonds. The van der Waals surface area contributed by atoms with E-state index in [1.165, 1.54) is 237 Å². The number of likely N-dealkylation sites (N-methyl/N-ethyl adjacent to an activating group) is 6. The fourth-order valence-electron chi connectivity index (χ4n) is 19.7. The Labute approximate surface area is 712 Å². The Morgan fingerprint density at radius 3 is 0.737 bits per heavy atom. The molecule has 11 fully saturated rings. The van der Waals surface area contributed by atoms with Crippen molar-refractivity contribution in [1.82, 2.24) is 19.6 Å². The minimum atomic E-state index is -3.67. The van der Waals surface area contributed by atoms with Gasteiger partial charge in [-0.05, 0) is 312 Å². The summed E-state index contributed by atoms with van der Waals surface area (Å²) in [7, 11) is -0.290. The van der Waals surface area contributed by atoms with Crippen LogP contribution in [-0.4, -0.2) is 270 Å². The van der Waals surface area contributed by atoms with E-state index in [0.717, 1.165) is 148 Å². The molecular weight excluding hydrogens is 1570 g/mol. The molecule has 22 nitrogen and oxygen atoms in total. The SMILES string of the molecule is CN1CCN(C)CC1.CN1CC[N+](C)(CCCCCCOc2ccc(C(=C3C4CC5CC(C4)CC3C5)c3ccc(OCCCCCC[N+]4(C)CCN(C)CC4)cc3)cc2)CC1.CS(=O)(=O)O.CS(=O)(=O)O.CS(=O)(=O)OCCCCCCOc1ccc(C(=C2C3CC4CC(C3)CC2C4)c2ccc(OCCCCCCOS(C)(=O)=O)cc2)cc1. The largest absolute Gasteiger partial charge is 0.494 e. The first-order chi connectivity index (χ1) is 56.1. The maximum Gasteiger partial charge on any atom is 0.264 e. The highest BCUT2D eigenvalue weighted by Crippen LogP contribution is 2.60. The molecular formula is C92H148N6O16S4+2. The maximum atomic E-state index is 11.1. The zero-order valence-electron chi connectivity index (χ0n) is 73.3. The summed E-state index contributed by atoms with van der Waals surface area (Å²) < 4.78 is 133. The number of hydrogen-bond donors (Lipinski definition) is 2. The van der Waals surface area contributed by atoms with Crippen molar-refractivity contribution in [3.63, 3.8) is 0 Å². The molecule has 15 rings (SSSR count). The molecule has 4 aromatic carbocycles. The molecule has 0 unspecified atom stereocenters. The quantitative estimate of drug-likeness (QED) is 0.0183. The van der Waals surface area contributed by atoms with E-state index in [9.17, 15) is 33.7 Å². The molecule has 8 aliphatic carbocycles. The molecule has 11 aliphatic rings. The first-order valence-electron chi connectivity index (χ1n) is 44.4. The van der Waals surface area contributed by atoms with Crippen LogP contribution in [0.2, 0.25) is 0 Å². The Kier molecular flexibility index (Phi) is 38.7. The third kappa shape index (κ3) is 35.3. The Morgan fingerprint density at radius 1 is 0.314 bits per heavy atom. The van der Waals surface area contributed by atoms with Crippen LogP contribution in [0.4, 0.5) is 0 Å². The highest BCUT2D eigenvalue weighted by Gasteiger charge is 2.48. The predicted molar refractivity (Wildman–Crippen MR) is 476 cm³/mol. The summed E-state index contributed by atoms with van der Waals surface area (Å²) in [5.41, 5.74) is 11.6. The van der Waals surface area contributed by atoms with Gasteiger partial charge in [-0.15, -0.1) is 0 Å². The average molecular weight is 1720 g/mol. The Morgan fingerprint density at radius 2 is 0.517 bits per heavy atom. The van der Waals surface area contributed by atoms with Crippen LogP contribution in [0.1, 0.15) is 189 Å². The van der Waals surface area contributed by atoms with Gasteiger partial charge in [-0.2, -0.15) is 33.7 Å². The van der Waals surface area contributed by atoms with Gasteiger partial charge < -0.3 is 37.7 Å². The molecule has 0 atom stereocenters. The molecule has 0 radical (unpaired) electrons. The number of benzene rings is 4. The number of hydrogen-bond acceptors (Lipinski definition) is 18. The molecule has 3 saturated heterocycles. The van der Waals surface area contributed by atoms with Crippen molar-refractivity contribution < 1.29 is 79.1 Å². The second kappa shape index (κ2) is 47.2. The summed E-state index contributed by atoms with van der Waals surface area (Å²) in [6.07, 6.45) is 34.6. The highest BCUT2D eigenvalue weighted by atomic mass is 32.2. The molecule has 664 valence electrons. The van der Waals surface area contributed by atoms with Crippen LogP contribution in [0.15, 0.2) is 108 Å². The third-order valence-electron chi connectivity index (χ3n) is 25.9. The molecule has 26 heteroatoms. The van der Waals surface area contributed by atoms with Crippen molar-refractivity contribution in [2.75, 3.05) is 199 Å². The number of unbranched alkanes of at least 4 members (excludes halogenated alkanes) is 12. The zero-order chi connectivity index (χ0) is 84.9. The summed E-state index contributed by atoms with van der Waals surface area (Å²) in [6.45, 7) is 21.1. The topological polar surface area (TPSA) is 245 Å². The zero-order valence-corrected chi connectivity index (χ0v) is 76.6. The monoisotopic (exact) mass is 1720 g/mol. The van der Waals surface area contributed by atoms with Crippen molar-refractivity contribution in [2.45, 2.75) is 167 Å². The average Bonchev–Trinajstić information content (AvgIpc) is 0.746. The van der Waals surface area contributed by atoms with Gasteiger partial charge in [0.25, 0.3) is 40.5 Å². The number of ether oxygens (including phenoxy) is 4. The number of nitrogens with zero attached hydrogens (tertiary/aromatic N) is 6. The molecule has 3 heterocycles. The van der Waals surface area contributed by atoms with E-state index in [4.69, 9.17) is 36.4 Å². The summed E-state index contributed by atoms with van der Waals surface area (Å²) in [5.74, 6) is 10.4. The van der Waals surface area contributed by atoms with Gasteiger partial charge in [0.15, 0.2) is 0 Å². The molecule has 118 heavy (non-hydrogen) atoms. The van der Waals surface area contributed by atoms with Crippen LogP contribution in [-0.2, 0) is 48.8 Å². The lowest BCUT2D eigenvalue weighted by Crippen LogP contribution is -2.56. The molecule has 0 aromatic heterocycles. The first-order valence-corrected chi connectivity index (χ1v) is 51.8. The molecule has 2 N–H and O–H groups in total. The van der Waals surface area contributed by atoms with Crippen LogP contribution in [0.5, 0.6) is 23.0 Å². The number of rotatable bonds is 38. The van der Waals surface area contributed by atoms with Gasteiger partial charge >= 0.3 is 0 Å². The van der Waals surface area contributed by atoms with E-state index in [1.54, 1.807) is 11.1 Å². The number of piperazine rings is 3. The maximum absolute atomic E-state index is 11.1. The van der Waals surface area contributed by atoms with Crippen LogP contribution in [0.25, 0.3) is 11.1 Å². The van der Waals surface area contributed by atoms with E-state index in [0.29, 0.717) is 37.6 Å². The Balaban J connectivity index is 0.000000223. The van der Waals surface area contributed by atoms with Gasteiger partial charge in [-0.1, -0.05) is 72.5 Å². The van der Waals surface area contributed by atoms with Gasteiger partial charge in [-0.3, -0.25) is 27.3 Å². The highest BCUT2D eigenvalue weighted by molar-refractivity contribution is 7.86. The number of quaternary nitrogens is 2. The van der Waals surface area contributed by atoms with Gasteiger partial charge in [0.1, 0.15) is 23.0 Å². The van der Waals surface area contributed by atoms with Crippen molar-refractivity contribution >= 4 is 51.6 Å². The minimum absolute atomic E-state index is 0.242. The first kappa shape index (κ1) is 96.8. The second-order valence-electron chi connectivity index (χ2n) is 36.7. The van der Waals surface area contributed by atoms with E-state index in [1.807, 2.05) is 0 Å². The van der Waals surface area contributed by atoms with Gasteiger partial charge in [0, 0.05) is 52.4 Å². The Hall–Kier alpha value is -5.04. The molecule has 8 bridgehead atoms. The van der Waals surface area contributed by atoms with E-state index in [2.05, 4.69) is 159 Å². The standard InChI is InChI=1S/C47H74N4O2.C37H52O8S2.C6H14N2.2CH4O3S/c1-48-21-27-50(3,28-22-48)25-9-5-7-11-31-52-44-17-13-40(14-18-44)46(47-42-34-38-33-39(36-42)37-43(47)35-38)41-15-19-45(20-16-41)53-32-12-8-6-10-26-51(4)29-23-49(2)24-30-51;1-46(38,39)44-21-9-5-3-7-19-42-34-15-11-30(12-16-34)36(37-32-24-28-23-29(26-32)27-33(37)25-28)31-13-17-35(18-14-31)43-20-8-4-6-10-22-45-47(2,40)41;1-7-3-5-8(2)6-4-7;2*1-5(2,3)4/h13-20,38-39,42-43H,5-12,21-37H2,1-4H3;11-18,28-29,32-33H,3-10,19-27H2,1-2H3;3-6H2,1-2H3;2*1H3,(H,2,3,4)/q+2;;;;. The fraction of sp³-hybridized carbons (Fsp3) is 0.696. The summed E-state index contributed by atoms with van der Waals surface area (Å²) >= 11 is 0. The smallest absolute Gasteiger partial charge is 0.264 e. The summed E-state index contributed by atoms with van der Waals surface area (Å²) in [5, 5.41) is 0. The van der Waals surface area contributed by atoms with Crippen LogP contribution in [0, 0.1) is 47.3 Å². The van der Waals surface area contributed by atoms with Crippen molar-refractivity contribution in [1.29, 1.82) is 0 Å². The predicted octanol–water partition coefficient (Wildman–Crippen LogP) is 15.3. The summed E-state index contributed by atoms with van der Waals surface area (Å²) in [6, 6.07) is 35.6. The molecule has 4 aromatic rings. The Bertz CT molecular complexity index is 3880. The lowest BCUT2D eigenvalue weighted by Gasteiger charge is -2.52. The lowest BCUT2D eigenvalue weighted by molar-refractivity contribution is -0.913. The van der Waals surface area contributed by atoms with E-state index >= 15 is 0 Å². The lowest BCUT2D eigenvalue weighted by atomic mass is 9.53. The van der Waals surface area contributed by atoms with Crippen LogP contribution < -0.4 is 18.9 Å². The molecule has 3 aliphatic heterocycles. The van der Waals surface area contributed by atoms with Gasteiger partial charge in [0.05, 0.1) is 118 Å². The van der Waals surface area contributed by atoms with Crippen LogP contribution >= 0.6 is 0 Å². The van der Waals surface area contributed by atoms with Crippen molar-refractivity contribution in [2.24, 2.45) is 47.3 Å². The van der Waals surface area contributed by atoms with Crippen molar-refractivity contribution in [3.05, 3.63) is 130 Å². The third-order valence-corrected chi connectivity index (χ3v) is 27.1.